The Kier molecular flexibility index (Phi) is 4.78. The molecule has 0 bridgehead atoms. The van der Waals surface area contributed by atoms with Crippen LogP contribution >= 0.6 is 11.3 Å². The lowest BCUT2D eigenvalue weighted by Gasteiger charge is -2.24. The second-order valence-corrected chi connectivity index (χ2v) is 8.59. The first-order valence-electron chi connectivity index (χ1n) is 9.93. The van der Waals surface area contributed by atoms with E-state index in [0.717, 1.165) is 37.2 Å². The number of thiazole rings is 1. The topological polar surface area (TPSA) is 63.9 Å². The third kappa shape index (κ3) is 3.77. The Morgan fingerprint density at radius 2 is 2.11 bits per heavy atom. The van der Waals surface area contributed by atoms with Crippen molar-refractivity contribution in [3.63, 3.8) is 0 Å². The van der Waals surface area contributed by atoms with Gasteiger partial charge >= 0.3 is 0 Å². The zero-order valence-corrected chi connectivity index (χ0v) is 16.5. The quantitative estimate of drug-likeness (QED) is 0.643. The summed E-state index contributed by atoms with van der Waals surface area (Å²) in [6.45, 7) is 2.54. The summed E-state index contributed by atoms with van der Waals surface area (Å²) < 4.78 is 1.61. The highest BCUT2D eigenvalue weighted by molar-refractivity contribution is 7.09. The van der Waals surface area contributed by atoms with Crippen molar-refractivity contribution in [2.45, 2.75) is 50.7 Å². The van der Waals surface area contributed by atoms with Crippen LogP contribution in [0.2, 0.25) is 0 Å². The van der Waals surface area contributed by atoms with Crippen LogP contribution in [0.4, 0.5) is 0 Å². The molecule has 5 rings (SSSR count). The van der Waals surface area contributed by atoms with Gasteiger partial charge < -0.3 is 0 Å². The summed E-state index contributed by atoms with van der Waals surface area (Å²) in [5, 5.41) is 8.11. The fraction of sp³-hybridized carbons (Fsp3) is 0.429. The number of hydrogen-bond donors (Lipinski definition) is 0. The number of likely N-dealkylation sites (tertiary alicyclic amines) is 1. The highest BCUT2D eigenvalue weighted by Crippen LogP contribution is 2.41. The first-order valence-corrected chi connectivity index (χ1v) is 10.8. The van der Waals surface area contributed by atoms with Gasteiger partial charge in [0.15, 0.2) is 0 Å². The molecule has 7 heteroatoms. The number of hydrogen-bond acceptors (Lipinski definition) is 6. The van der Waals surface area contributed by atoms with Crippen molar-refractivity contribution in [2.75, 3.05) is 6.54 Å². The fourth-order valence-electron chi connectivity index (χ4n) is 3.88. The van der Waals surface area contributed by atoms with Crippen LogP contribution in [0.1, 0.15) is 42.3 Å². The molecule has 0 spiro atoms. The lowest BCUT2D eigenvalue weighted by atomic mass is 10.2. The van der Waals surface area contributed by atoms with Gasteiger partial charge in [0, 0.05) is 47.9 Å². The third-order valence-corrected chi connectivity index (χ3v) is 6.62. The lowest BCUT2D eigenvalue weighted by Crippen LogP contribution is -2.36. The van der Waals surface area contributed by atoms with Crippen LogP contribution in [-0.4, -0.2) is 37.2 Å². The van der Waals surface area contributed by atoms with Crippen molar-refractivity contribution in [1.29, 1.82) is 0 Å². The van der Waals surface area contributed by atoms with E-state index in [-0.39, 0.29) is 5.56 Å². The SMILES string of the molecule is O=c1ccc(-c2cccnc2)nn1CC1CCCN1Cc1csc(C2CC2)n1. The second kappa shape index (κ2) is 7.56. The van der Waals surface area contributed by atoms with E-state index < -0.39 is 0 Å². The Morgan fingerprint density at radius 1 is 1.18 bits per heavy atom. The molecule has 0 aromatic carbocycles. The van der Waals surface area contributed by atoms with Crippen molar-refractivity contribution >= 4 is 11.3 Å². The van der Waals surface area contributed by atoms with E-state index in [9.17, 15) is 4.79 Å². The van der Waals surface area contributed by atoms with Crippen LogP contribution in [0, 0.1) is 0 Å². The Balaban J connectivity index is 1.32. The van der Waals surface area contributed by atoms with E-state index in [2.05, 4.69) is 20.4 Å². The van der Waals surface area contributed by atoms with Gasteiger partial charge in [-0.1, -0.05) is 0 Å². The van der Waals surface area contributed by atoms with E-state index in [1.54, 1.807) is 40.5 Å². The summed E-state index contributed by atoms with van der Waals surface area (Å²) >= 11 is 1.80. The van der Waals surface area contributed by atoms with Crippen molar-refractivity contribution in [3.05, 3.63) is 63.1 Å². The summed E-state index contributed by atoms with van der Waals surface area (Å²) in [6.07, 6.45) is 8.34. The minimum absolute atomic E-state index is 0.0517. The smallest absolute Gasteiger partial charge is 0.266 e. The Morgan fingerprint density at radius 3 is 2.93 bits per heavy atom. The highest BCUT2D eigenvalue weighted by atomic mass is 32.1. The van der Waals surface area contributed by atoms with Gasteiger partial charge in [0.1, 0.15) is 0 Å². The Labute approximate surface area is 167 Å². The molecular weight excluding hydrogens is 370 g/mol. The lowest BCUT2D eigenvalue weighted by molar-refractivity contribution is 0.215. The predicted molar refractivity (Wildman–Crippen MR) is 109 cm³/mol. The molecular formula is C21H23N5OS. The van der Waals surface area contributed by atoms with Crippen molar-refractivity contribution in [2.24, 2.45) is 0 Å². The Hall–Kier alpha value is -2.38. The molecule has 1 atom stereocenters. The Bertz CT molecular complexity index is 1010. The first-order chi connectivity index (χ1) is 13.8. The molecule has 1 saturated carbocycles. The van der Waals surface area contributed by atoms with Crippen LogP contribution in [0.25, 0.3) is 11.3 Å². The van der Waals surface area contributed by atoms with Gasteiger partial charge in [-0.3, -0.25) is 14.7 Å². The van der Waals surface area contributed by atoms with Gasteiger partial charge in [-0.25, -0.2) is 9.67 Å². The molecule has 2 fully saturated rings. The molecule has 3 aromatic heterocycles. The molecule has 0 radical (unpaired) electrons. The maximum absolute atomic E-state index is 12.4. The summed E-state index contributed by atoms with van der Waals surface area (Å²) in [6, 6.07) is 7.55. The molecule has 2 aliphatic rings. The molecule has 4 heterocycles. The van der Waals surface area contributed by atoms with E-state index in [1.165, 1.54) is 23.5 Å². The predicted octanol–water partition coefficient (Wildman–Crippen LogP) is 3.30. The minimum atomic E-state index is -0.0517. The van der Waals surface area contributed by atoms with Crippen LogP contribution in [0.15, 0.2) is 46.8 Å². The monoisotopic (exact) mass is 393 g/mol. The average Bonchev–Trinajstić information content (AvgIpc) is 3.32. The van der Waals surface area contributed by atoms with Crippen LogP contribution < -0.4 is 5.56 Å². The number of nitrogens with zero attached hydrogens (tertiary/aromatic N) is 5. The van der Waals surface area contributed by atoms with Gasteiger partial charge in [-0.15, -0.1) is 11.3 Å². The second-order valence-electron chi connectivity index (χ2n) is 7.70. The molecule has 28 heavy (non-hydrogen) atoms. The third-order valence-electron chi connectivity index (χ3n) is 5.57. The maximum Gasteiger partial charge on any atom is 0.266 e. The molecule has 6 nitrogen and oxygen atoms in total. The minimum Gasteiger partial charge on any atom is -0.293 e. The summed E-state index contributed by atoms with van der Waals surface area (Å²) in [5.41, 5.74) is 2.83. The van der Waals surface area contributed by atoms with E-state index in [0.29, 0.717) is 18.5 Å². The number of pyridine rings is 1. The molecule has 0 amide bonds. The molecule has 1 unspecified atom stereocenters. The molecule has 3 aromatic rings. The van der Waals surface area contributed by atoms with E-state index in [4.69, 9.17) is 4.98 Å². The van der Waals surface area contributed by atoms with Crippen LogP contribution in [-0.2, 0) is 13.1 Å². The van der Waals surface area contributed by atoms with Crippen LogP contribution in [0.3, 0.4) is 0 Å². The summed E-state index contributed by atoms with van der Waals surface area (Å²) in [5.74, 6) is 0.714. The molecule has 144 valence electrons. The standard InChI is InChI=1S/C21H23N5OS/c27-20-8-7-19(16-3-1-9-22-11-16)24-26(20)13-18-4-2-10-25(18)12-17-14-28-21(23-17)15-5-6-15/h1,3,7-9,11,14-15,18H,2,4-6,10,12-13H2. The van der Waals surface area contributed by atoms with Gasteiger partial charge in [0.25, 0.3) is 5.56 Å². The molecule has 1 aliphatic carbocycles. The van der Waals surface area contributed by atoms with Crippen molar-refractivity contribution in [1.82, 2.24) is 24.6 Å². The van der Waals surface area contributed by atoms with Gasteiger partial charge in [0.05, 0.1) is 22.9 Å². The normalized spacial score (nSPS) is 19.9. The molecule has 1 saturated heterocycles. The molecule has 0 N–H and O–H groups in total. The van der Waals surface area contributed by atoms with Crippen LogP contribution in [0.5, 0.6) is 0 Å². The summed E-state index contributed by atoms with van der Waals surface area (Å²) in [4.78, 5) is 23.8. The van der Waals surface area contributed by atoms with E-state index in [1.807, 2.05) is 12.1 Å². The number of rotatable bonds is 6. The van der Waals surface area contributed by atoms with Gasteiger partial charge in [-0.2, -0.15) is 5.10 Å². The largest absolute Gasteiger partial charge is 0.293 e. The summed E-state index contributed by atoms with van der Waals surface area (Å²) in [7, 11) is 0. The van der Waals surface area contributed by atoms with Crippen molar-refractivity contribution < 1.29 is 0 Å². The maximum atomic E-state index is 12.4. The van der Waals surface area contributed by atoms with Gasteiger partial charge in [0.2, 0.25) is 0 Å². The fourth-order valence-corrected chi connectivity index (χ4v) is 4.86. The zero-order valence-electron chi connectivity index (χ0n) is 15.7. The van der Waals surface area contributed by atoms with E-state index >= 15 is 0 Å². The van der Waals surface area contributed by atoms with Crippen molar-refractivity contribution in [3.8, 4) is 11.3 Å². The average molecular weight is 394 g/mol. The molecule has 1 aliphatic heterocycles. The van der Waals surface area contributed by atoms with Gasteiger partial charge in [-0.05, 0) is 50.4 Å². The number of aromatic nitrogens is 4. The first kappa shape index (κ1) is 17.7. The highest BCUT2D eigenvalue weighted by Gasteiger charge is 2.29. The zero-order chi connectivity index (χ0) is 18.9.